The van der Waals surface area contributed by atoms with Crippen molar-refractivity contribution in [3.63, 3.8) is 0 Å². The lowest BCUT2D eigenvalue weighted by molar-refractivity contribution is -0.529. The molecule has 2 fully saturated rings. The molecule has 7 heteroatoms. The van der Waals surface area contributed by atoms with Crippen LogP contribution in [0.5, 0.6) is 0 Å². The average Bonchev–Trinajstić information content (AvgIpc) is 3.42. The maximum Gasteiger partial charge on any atom is 0.382 e. The summed E-state index contributed by atoms with van der Waals surface area (Å²) in [6, 6.07) is 7.80. The van der Waals surface area contributed by atoms with E-state index in [9.17, 15) is 10.0 Å². The van der Waals surface area contributed by atoms with Crippen LogP contribution in [0.15, 0.2) is 30.3 Å². The molecule has 2 heterocycles. The fraction of sp³-hybridized carbons (Fsp3) is 0.636. The van der Waals surface area contributed by atoms with Crippen LogP contribution in [0, 0.1) is 5.21 Å². The number of benzene rings is 1. The molecule has 2 unspecified atom stereocenters. The Labute approximate surface area is 172 Å². The van der Waals surface area contributed by atoms with Crippen LogP contribution in [0.4, 0.5) is 0 Å². The summed E-state index contributed by atoms with van der Waals surface area (Å²) in [5.41, 5.74) is -0.735. The number of epoxide rings is 1. The zero-order valence-electron chi connectivity index (χ0n) is 17.8. The van der Waals surface area contributed by atoms with Gasteiger partial charge in [-0.3, -0.25) is 0 Å². The minimum atomic E-state index is -1.43. The van der Waals surface area contributed by atoms with E-state index in [1.807, 2.05) is 45.9 Å². The molecule has 0 bridgehead atoms. The predicted molar refractivity (Wildman–Crippen MR) is 108 cm³/mol. The van der Waals surface area contributed by atoms with Gasteiger partial charge in [0, 0.05) is 12.0 Å². The van der Waals surface area contributed by atoms with Gasteiger partial charge in [-0.15, -0.1) is 0 Å². The van der Waals surface area contributed by atoms with E-state index in [0.29, 0.717) is 23.1 Å². The molecular formula is C22H31NO6. The number of carbonyl (C=O) groups is 1. The molecule has 0 aliphatic carbocycles. The molecule has 2 saturated heterocycles. The Bertz CT molecular complexity index is 738. The first-order valence-electron chi connectivity index (χ1n) is 10.1. The molecule has 3 rings (SSSR count). The van der Waals surface area contributed by atoms with E-state index >= 15 is 0 Å². The molecule has 2 atom stereocenters. The Kier molecular flexibility index (Phi) is 6.03. The molecule has 0 radical (unpaired) electrons. The number of carbonyl (C=O) groups excluding carboxylic acids is 1. The second-order valence-corrected chi connectivity index (χ2v) is 8.71. The van der Waals surface area contributed by atoms with E-state index in [1.165, 1.54) is 13.3 Å². The number of methoxy groups -OCH3 is 1. The highest BCUT2D eigenvalue weighted by Crippen LogP contribution is 2.48. The Morgan fingerprint density at radius 1 is 1.24 bits per heavy atom. The van der Waals surface area contributed by atoms with Gasteiger partial charge in [0.25, 0.3) is 0 Å². The van der Waals surface area contributed by atoms with Gasteiger partial charge in [0.15, 0.2) is 6.21 Å². The van der Waals surface area contributed by atoms with Gasteiger partial charge in [-0.05, 0) is 52.7 Å². The summed E-state index contributed by atoms with van der Waals surface area (Å²) in [5.74, 6) is -2.12. The molecule has 0 amide bonds. The Balaban J connectivity index is 1.98. The number of esters is 1. The van der Waals surface area contributed by atoms with E-state index in [2.05, 4.69) is 0 Å². The van der Waals surface area contributed by atoms with Crippen molar-refractivity contribution in [2.45, 2.75) is 76.1 Å². The van der Waals surface area contributed by atoms with Gasteiger partial charge in [-0.1, -0.05) is 18.2 Å². The topological polar surface area (TPSA) is 83.4 Å². The van der Waals surface area contributed by atoms with E-state index in [0.717, 1.165) is 13.0 Å². The van der Waals surface area contributed by atoms with Crippen LogP contribution in [-0.4, -0.2) is 59.8 Å². The normalized spacial score (nSPS) is 25.4. The number of hydroxylamine groups is 1. The zero-order chi connectivity index (χ0) is 21.3. The molecule has 7 nitrogen and oxygen atoms in total. The van der Waals surface area contributed by atoms with Crippen molar-refractivity contribution < 1.29 is 28.5 Å². The summed E-state index contributed by atoms with van der Waals surface area (Å²) in [7, 11) is 1.27. The second kappa shape index (κ2) is 8.05. The highest BCUT2D eigenvalue weighted by molar-refractivity contribution is 5.79. The monoisotopic (exact) mass is 405 g/mol. The molecule has 2 aliphatic heterocycles. The van der Waals surface area contributed by atoms with Crippen molar-refractivity contribution in [2.24, 2.45) is 0 Å². The molecule has 29 heavy (non-hydrogen) atoms. The smallest absolute Gasteiger partial charge is 0.382 e. The molecule has 0 N–H and O–H groups in total. The lowest BCUT2D eigenvalue weighted by Gasteiger charge is -2.33. The van der Waals surface area contributed by atoms with Crippen molar-refractivity contribution in [3.05, 3.63) is 41.1 Å². The third-order valence-electron chi connectivity index (χ3n) is 5.93. The van der Waals surface area contributed by atoms with Gasteiger partial charge in [0.1, 0.15) is 0 Å². The predicted octanol–water partition coefficient (Wildman–Crippen LogP) is 3.03. The number of nitrogens with zero attached hydrogens (tertiary/aromatic N) is 1. The molecule has 1 aromatic rings. The zero-order valence-corrected chi connectivity index (χ0v) is 17.8. The van der Waals surface area contributed by atoms with Crippen LogP contribution in [0.3, 0.4) is 0 Å². The first-order chi connectivity index (χ1) is 13.6. The summed E-state index contributed by atoms with van der Waals surface area (Å²) in [6.45, 7) is 8.38. The number of hydrogen-bond donors (Lipinski definition) is 0. The summed E-state index contributed by atoms with van der Waals surface area (Å²) in [5, 5.41) is 13.2. The minimum absolute atomic E-state index is 0.241. The van der Waals surface area contributed by atoms with Gasteiger partial charge in [-0.2, -0.15) is 4.74 Å². The Hall–Kier alpha value is -1.96. The highest BCUT2D eigenvalue weighted by atomic mass is 16.8. The minimum Gasteiger partial charge on any atom is -0.623 e. The summed E-state index contributed by atoms with van der Waals surface area (Å²) in [6.07, 6.45) is 3.51. The summed E-state index contributed by atoms with van der Waals surface area (Å²) in [4.78, 5) is 12.8. The molecular weight excluding hydrogens is 374 g/mol. The van der Waals surface area contributed by atoms with Crippen molar-refractivity contribution in [1.82, 2.24) is 0 Å². The maximum atomic E-state index is 13.2. The van der Waals surface area contributed by atoms with Crippen molar-refractivity contribution in [3.8, 4) is 0 Å². The summed E-state index contributed by atoms with van der Waals surface area (Å²) < 4.78 is 23.6. The van der Waals surface area contributed by atoms with Crippen LogP contribution in [0.2, 0.25) is 0 Å². The number of hydrogen-bond acceptors (Lipinski definition) is 6. The van der Waals surface area contributed by atoms with Gasteiger partial charge < -0.3 is 24.2 Å². The lowest BCUT2D eigenvalue weighted by Crippen LogP contribution is -2.55. The van der Waals surface area contributed by atoms with Gasteiger partial charge >= 0.3 is 12.0 Å². The third-order valence-corrected chi connectivity index (χ3v) is 5.93. The van der Waals surface area contributed by atoms with Crippen molar-refractivity contribution >= 4 is 12.2 Å². The maximum absolute atomic E-state index is 13.2. The molecule has 160 valence electrons. The Morgan fingerprint density at radius 2 is 1.83 bits per heavy atom. The number of rotatable bonds is 8. The first kappa shape index (κ1) is 21.7. The average molecular weight is 405 g/mol. The van der Waals surface area contributed by atoms with E-state index in [-0.39, 0.29) is 6.10 Å². The fourth-order valence-electron chi connectivity index (χ4n) is 3.64. The van der Waals surface area contributed by atoms with Gasteiger partial charge in [0.05, 0.1) is 31.0 Å². The summed E-state index contributed by atoms with van der Waals surface area (Å²) >= 11 is 0. The largest absolute Gasteiger partial charge is 0.623 e. The molecule has 0 aromatic heterocycles. The van der Waals surface area contributed by atoms with Gasteiger partial charge in [-0.25, -0.2) is 4.79 Å². The van der Waals surface area contributed by atoms with Crippen LogP contribution < -0.4 is 0 Å². The van der Waals surface area contributed by atoms with Gasteiger partial charge in [0.2, 0.25) is 5.79 Å². The lowest BCUT2D eigenvalue weighted by atomic mass is 9.90. The van der Waals surface area contributed by atoms with Crippen molar-refractivity contribution in [2.75, 3.05) is 13.7 Å². The molecule has 0 spiro atoms. The second-order valence-electron chi connectivity index (χ2n) is 8.71. The fourth-order valence-corrected chi connectivity index (χ4v) is 3.64. The van der Waals surface area contributed by atoms with E-state index in [4.69, 9.17) is 18.9 Å². The van der Waals surface area contributed by atoms with Crippen LogP contribution in [0.25, 0.3) is 0 Å². The third kappa shape index (κ3) is 4.63. The molecule has 1 aromatic carbocycles. The van der Waals surface area contributed by atoms with Crippen LogP contribution in [0.1, 0.15) is 52.5 Å². The number of ether oxygens (including phenoxy) is 4. The van der Waals surface area contributed by atoms with Crippen LogP contribution >= 0.6 is 0 Å². The molecule has 0 saturated carbocycles. The Morgan fingerprint density at radius 3 is 2.34 bits per heavy atom. The van der Waals surface area contributed by atoms with E-state index < -0.39 is 29.0 Å². The molecule has 2 aliphatic rings. The first-order valence-corrected chi connectivity index (χ1v) is 10.1. The quantitative estimate of drug-likeness (QED) is 0.165. The highest BCUT2D eigenvalue weighted by Gasteiger charge is 2.65. The standard InChI is InChI=1S/C22H31NO6/c1-20(2)21(3,4)29-22(28-20,13-9-12-17-15-27-17)18(19(24)26-5)23(25)14-16-10-7-6-8-11-16/h6-8,10-11,14,17-18H,9,12-13,15H2,1-5H3/b23-14+. The van der Waals surface area contributed by atoms with Crippen molar-refractivity contribution in [1.29, 1.82) is 0 Å². The van der Waals surface area contributed by atoms with E-state index in [1.54, 1.807) is 12.1 Å². The van der Waals surface area contributed by atoms with Crippen LogP contribution in [-0.2, 0) is 23.7 Å². The SMILES string of the molecule is COC(=O)C(/[N+]([O-])=C\c1ccccc1)C1(CCCC2CO2)OC(C)(C)C(C)(C)O1.